The number of halogens is 1. The Morgan fingerprint density at radius 3 is 2.81 bits per heavy atom. The van der Waals surface area contributed by atoms with Crippen molar-refractivity contribution >= 4 is 23.0 Å². The summed E-state index contributed by atoms with van der Waals surface area (Å²) in [6.45, 7) is 0. The number of allylic oxidation sites excluding steroid dienone is 2. The van der Waals surface area contributed by atoms with Crippen LogP contribution < -0.4 is 5.43 Å². The Balaban J connectivity index is 1.64. The molecule has 1 N–H and O–H groups in total. The number of fused-ring (bicyclic) bond motifs is 1. The highest BCUT2D eigenvalue weighted by atomic mass is 35.5. The number of hydrazone groups is 1. The topological polar surface area (TPSA) is 24.4 Å². The molecule has 16 heavy (non-hydrogen) atoms. The molecule has 1 fully saturated rings. The average Bonchev–Trinajstić information content (AvgIpc) is 2.63. The Bertz CT molecular complexity index is 448. The largest absolute Gasteiger partial charge is 0.279 e. The van der Waals surface area contributed by atoms with E-state index in [0.717, 1.165) is 29.5 Å². The SMILES string of the molecule is Clc1ccc(N/N=C2/C[C@@H]3C=CC[C@H]23)cc1. The van der Waals surface area contributed by atoms with E-state index in [1.54, 1.807) is 0 Å². The molecule has 0 aliphatic heterocycles. The van der Waals surface area contributed by atoms with Crippen molar-refractivity contribution in [1.82, 2.24) is 0 Å². The molecule has 3 heteroatoms. The van der Waals surface area contributed by atoms with Crippen LogP contribution in [0.5, 0.6) is 0 Å². The highest BCUT2D eigenvalue weighted by molar-refractivity contribution is 6.30. The summed E-state index contributed by atoms with van der Waals surface area (Å²) in [5, 5.41) is 5.21. The van der Waals surface area contributed by atoms with Gasteiger partial charge in [0.25, 0.3) is 0 Å². The molecule has 82 valence electrons. The van der Waals surface area contributed by atoms with Gasteiger partial charge in [0, 0.05) is 16.7 Å². The van der Waals surface area contributed by atoms with Crippen molar-refractivity contribution in [3.05, 3.63) is 41.4 Å². The molecule has 0 amide bonds. The lowest BCUT2D eigenvalue weighted by atomic mass is 9.74. The molecule has 2 aliphatic rings. The van der Waals surface area contributed by atoms with Gasteiger partial charge in [0.05, 0.1) is 5.69 Å². The van der Waals surface area contributed by atoms with E-state index in [4.69, 9.17) is 11.6 Å². The zero-order chi connectivity index (χ0) is 11.0. The van der Waals surface area contributed by atoms with Crippen LogP contribution >= 0.6 is 11.6 Å². The molecule has 0 heterocycles. The van der Waals surface area contributed by atoms with Crippen LogP contribution in [0.4, 0.5) is 5.69 Å². The molecule has 1 aromatic rings. The Kier molecular flexibility index (Phi) is 2.44. The average molecular weight is 233 g/mol. The first-order valence-corrected chi connectivity index (χ1v) is 5.95. The van der Waals surface area contributed by atoms with E-state index in [9.17, 15) is 0 Å². The summed E-state index contributed by atoms with van der Waals surface area (Å²) < 4.78 is 0. The Morgan fingerprint density at radius 2 is 2.06 bits per heavy atom. The molecule has 0 saturated heterocycles. The minimum atomic E-state index is 0.666. The van der Waals surface area contributed by atoms with Crippen molar-refractivity contribution < 1.29 is 0 Å². The lowest BCUT2D eigenvalue weighted by molar-refractivity contribution is 0.466. The second-order valence-electron chi connectivity index (χ2n) is 4.36. The number of hydrogen-bond acceptors (Lipinski definition) is 2. The van der Waals surface area contributed by atoms with E-state index in [0.29, 0.717) is 5.92 Å². The third-order valence-electron chi connectivity index (χ3n) is 3.34. The van der Waals surface area contributed by atoms with Gasteiger partial charge in [-0.3, -0.25) is 5.43 Å². The first kappa shape index (κ1) is 9.91. The van der Waals surface area contributed by atoms with E-state index in [-0.39, 0.29) is 0 Å². The quantitative estimate of drug-likeness (QED) is 0.610. The van der Waals surface area contributed by atoms with Crippen molar-refractivity contribution in [2.24, 2.45) is 16.9 Å². The Hall–Kier alpha value is -1.28. The maximum Gasteiger partial charge on any atom is 0.0562 e. The van der Waals surface area contributed by atoms with Crippen LogP contribution in [0.2, 0.25) is 5.02 Å². The number of benzene rings is 1. The van der Waals surface area contributed by atoms with Crippen LogP contribution in [0, 0.1) is 11.8 Å². The molecule has 3 rings (SSSR count). The number of anilines is 1. The van der Waals surface area contributed by atoms with E-state index >= 15 is 0 Å². The van der Waals surface area contributed by atoms with Gasteiger partial charge in [0.2, 0.25) is 0 Å². The number of nitrogens with zero attached hydrogens (tertiary/aromatic N) is 1. The summed E-state index contributed by atoms with van der Waals surface area (Å²) in [6.07, 6.45) is 6.85. The lowest BCUT2D eigenvalue weighted by Crippen LogP contribution is -2.33. The van der Waals surface area contributed by atoms with E-state index < -0.39 is 0 Å². The molecule has 0 radical (unpaired) electrons. The molecule has 0 bridgehead atoms. The van der Waals surface area contributed by atoms with Gasteiger partial charge in [-0.2, -0.15) is 5.10 Å². The molecule has 0 aromatic heterocycles. The summed E-state index contributed by atoms with van der Waals surface area (Å²) >= 11 is 5.81. The van der Waals surface area contributed by atoms with Crippen LogP contribution in [-0.2, 0) is 0 Å². The Morgan fingerprint density at radius 1 is 1.25 bits per heavy atom. The summed E-state index contributed by atoms with van der Waals surface area (Å²) in [6, 6.07) is 7.61. The maximum absolute atomic E-state index is 5.81. The second-order valence-corrected chi connectivity index (χ2v) is 4.80. The predicted octanol–water partition coefficient (Wildman–Crippen LogP) is 3.70. The van der Waals surface area contributed by atoms with Gasteiger partial charge in [-0.1, -0.05) is 23.8 Å². The third-order valence-corrected chi connectivity index (χ3v) is 3.59. The normalized spacial score (nSPS) is 28.9. The van der Waals surface area contributed by atoms with Crippen LogP contribution in [0.15, 0.2) is 41.5 Å². The highest BCUT2D eigenvalue weighted by Crippen LogP contribution is 2.40. The monoisotopic (exact) mass is 232 g/mol. The maximum atomic E-state index is 5.81. The van der Waals surface area contributed by atoms with Gasteiger partial charge < -0.3 is 0 Å². The standard InChI is InChI=1S/C13H13ClN2/c14-10-4-6-11(7-5-10)15-16-13-8-9-2-1-3-12(9)13/h1-2,4-7,9,12,15H,3,8H2/b16-13-/t9-,12-/m0/s1. The van der Waals surface area contributed by atoms with E-state index in [1.165, 1.54) is 5.71 Å². The first-order chi connectivity index (χ1) is 7.83. The van der Waals surface area contributed by atoms with E-state index in [2.05, 4.69) is 22.7 Å². The summed E-state index contributed by atoms with van der Waals surface area (Å²) in [7, 11) is 0. The fourth-order valence-corrected chi connectivity index (χ4v) is 2.45. The zero-order valence-electron chi connectivity index (χ0n) is 8.86. The van der Waals surface area contributed by atoms with E-state index in [1.807, 2.05) is 24.3 Å². The van der Waals surface area contributed by atoms with Gasteiger partial charge in [0.1, 0.15) is 0 Å². The van der Waals surface area contributed by atoms with Crippen LogP contribution in [0.1, 0.15) is 12.8 Å². The van der Waals surface area contributed by atoms with Gasteiger partial charge >= 0.3 is 0 Å². The van der Waals surface area contributed by atoms with Gasteiger partial charge in [0.15, 0.2) is 0 Å². The highest BCUT2D eigenvalue weighted by Gasteiger charge is 2.37. The van der Waals surface area contributed by atoms with Crippen molar-refractivity contribution in [2.45, 2.75) is 12.8 Å². The summed E-state index contributed by atoms with van der Waals surface area (Å²) in [5.74, 6) is 1.42. The smallest absolute Gasteiger partial charge is 0.0562 e. The lowest BCUT2D eigenvalue weighted by Gasteiger charge is -2.31. The number of rotatable bonds is 2. The number of nitrogens with one attached hydrogen (secondary N) is 1. The molecule has 1 aromatic carbocycles. The predicted molar refractivity (Wildman–Crippen MR) is 67.9 cm³/mol. The van der Waals surface area contributed by atoms with Crippen LogP contribution in [0.25, 0.3) is 0 Å². The van der Waals surface area contributed by atoms with Crippen LogP contribution in [0.3, 0.4) is 0 Å². The van der Waals surface area contributed by atoms with Crippen molar-refractivity contribution in [3.8, 4) is 0 Å². The van der Waals surface area contributed by atoms with Gasteiger partial charge in [-0.15, -0.1) is 0 Å². The van der Waals surface area contributed by atoms with Gasteiger partial charge in [-0.05, 0) is 43.0 Å². The fourth-order valence-electron chi connectivity index (χ4n) is 2.32. The Labute approximate surface area is 100 Å². The minimum absolute atomic E-state index is 0.666. The zero-order valence-corrected chi connectivity index (χ0v) is 9.61. The number of hydrogen-bond donors (Lipinski definition) is 1. The van der Waals surface area contributed by atoms with Gasteiger partial charge in [-0.25, -0.2) is 0 Å². The second kappa shape index (κ2) is 3.95. The van der Waals surface area contributed by atoms with Crippen molar-refractivity contribution in [3.63, 3.8) is 0 Å². The molecule has 2 aliphatic carbocycles. The molecule has 1 saturated carbocycles. The molecule has 2 atom stereocenters. The molecule has 2 nitrogen and oxygen atoms in total. The van der Waals surface area contributed by atoms with Crippen molar-refractivity contribution in [2.75, 3.05) is 5.43 Å². The minimum Gasteiger partial charge on any atom is -0.279 e. The first-order valence-electron chi connectivity index (χ1n) is 5.57. The molecule has 0 spiro atoms. The van der Waals surface area contributed by atoms with Crippen molar-refractivity contribution in [1.29, 1.82) is 0 Å². The summed E-state index contributed by atoms with van der Waals surface area (Å²) in [5.41, 5.74) is 5.38. The van der Waals surface area contributed by atoms with Crippen LogP contribution in [-0.4, -0.2) is 5.71 Å². The molecular formula is C13H13ClN2. The summed E-state index contributed by atoms with van der Waals surface area (Å²) in [4.78, 5) is 0. The molecule has 0 unspecified atom stereocenters. The molecular weight excluding hydrogens is 220 g/mol. The third kappa shape index (κ3) is 1.74. The fraction of sp³-hybridized carbons (Fsp3) is 0.308.